The number of aromatic hydroxyl groups is 1. The zero-order chi connectivity index (χ0) is 10.6. The van der Waals surface area contributed by atoms with Crippen LogP contribution in [-0.2, 0) is 0 Å². The first-order chi connectivity index (χ1) is 6.63. The van der Waals surface area contributed by atoms with Crippen LogP contribution in [0.25, 0.3) is 0 Å². The zero-order valence-electron chi connectivity index (χ0n) is 7.79. The lowest BCUT2D eigenvalue weighted by Crippen LogP contribution is -2.18. The van der Waals surface area contributed by atoms with E-state index in [0.717, 1.165) is 5.01 Å². The summed E-state index contributed by atoms with van der Waals surface area (Å²) in [6.07, 6.45) is -0.829. The minimum atomic E-state index is -0.829. The van der Waals surface area contributed by atoms with Crippen LogP contribution in [0, 0.1) is 4.91 Å². The standard InChI is InChI=1S/C9H12N2O3/c1-11(10-14)6-9(13)7-3-2-4-8(12)5-7/h2-5,9,12-13H,6H2,1H3/t9-/m0/s1. The van der Waals surface area contributed by atoms with Gasteiger partial charge in [-0.15, -0.1) is 4.91 Å². The third-order valence-corrected chi connectivity index (χ3v) is 1.83. The van der Waals surface area contributed by atoms with Gasteiger partial charge in [-0.25, -0.2) is 0 Å². The smallest absolute Gasteiger partial charge is 0.115 e. The first kappa shape index (κ1) is 10.5. The minimum Gasteiger partial charge on any atom is -0.508 e. The van der Waals surface area contributed by atoms with Crippen molar-refractivity contribution in [3.63, 3.8) is 0 Å². The second-order valence-corrected chi connectivity index (χ2v) is 3.03. The maximum atomic E-state index is 10.1. The number of aliphatic hydroxyl groups excluding tert-OH is 1. The molecule has 0 saturated heterocycles. The lowest BCUT2D eigenvalue weighted by molar-refractivity contribution is 0.127. The molecule has 0 aliphatic heterocycles. The fourth-order valence-electron chi connectivity index (χ4n) is 1.12. The summed E-state index contributed by atoms with van der Waals surface area (Å²) in [5.74, 6) is 0.0864. The molecule has 0 fully saturated rings. The maximum absolute atomic E-state index is 10.1. The van der Waals surface area contributed by atoms with Crippen LogP contribution >= 0.6 is 0 Å². The van der Waals surface area contributed by atoms with E-state index in [-0.39, 0.29) is 12.3 Å². The molecule has 0 spiro atoms. The van der Waals surface area contributed by atoms with Crippen molar-refractivity contribution in [3.05, 3.63) is 34.7 Å². The van der Waals surface area contributed by atoms with Gasteiger partial charge in [0.15, 0.2) is 0 Å². The topological polar surface area (TPSA) is 73.1 Å². The van der Waals surface area contributed by atoms with Crippen LogP contribution in [-0.4, -0.2) is 28.8 Å². The summed E-state index contributed by atoms with van der Waals surface area (Å²) < 4.78 is 0. The molecule has 5 heteroatoms. The normalized spacial score (nSPS) is 12.1. The molecule has 2 N–H and O–H groups in total. The Bertz CT molecular complexity index is 317. The van der Waals surface area contributed by atoms with E-state index in [1.165, 1.54) is 19.2 Å². The summed E-state index contributed by atoms with van der Waals surface area (Å²) in [6.45, 7) is 0.104. The number of likely N-dealkylation sites (N-methyl/N-ethyl adjacent to an activating group) is 1. The Hall–Kier alpha value is -1.62. The Kier molecular flexibility index (Phi) is 3.41. The molecule has 1 atom stereocenters. The van der Waals surface area contributed by atoms with Crippen molar-refractivity contribution in [2.45, 2.75) is 6.10 Å². The van der Waals surface area contributed by atoms with Gasteiger partial charge in [0.1, 0.15) is 5.75 Å². The van der Waals surface area contributed by atoms with Crippen LogP contribution < -0.4 is 0 Å². The zero-order valence-corrected chi connectivity index (χ0v) is 7.79. The third kappa shape index (κ3) is 2.70. The number of nitrogens with zero attached hydrogens (tertiary/aromatic N) is 2. The quantitative estimate of drug-likeness (QED) is 0.557. The van der Waals surface area contributed by atoms with Gasteiger partial charge in [-0.3, -0.25) is 5.01 Å². The highest BCUT2D eigenvalue weighted by Crippen LogP contribution is 2.18. The van der Waals surface area contributed by atoms with Crippen molar-refractivity contribution in [2.75, 3.05) is 13.6 Å². The van der Waals surface area contributed by atoms with Gasteiger partial charge in [0.2, 0.25) is 0 Å². The SMILES string of the molecule is CN(C[C@H](O)c1cccc(O)c1)N=O. The lowest BCUT2D eigenvalue weighted by atomic mass is 10.1. The number of benzene rings is 1. The maximum Gasteiger partial charge on any atom is 0.115 e. The van der Waals surface area contributed by atoms with Gasteiger partial charge in [0.25, 0.3) is 0 Å². The molecule has 0 amide bonds. The highest BCUT2D eigenvalue weighted by atomic mass is 16.3. The first-order valence-electron chi connectivity index (χ1n) is 4.15. The molecule has 1 aromatic rings. The minimum absolute atomic E-state index is 0.0864. The molecule has 0 radical (unpaired) electrons. The number of aliphatic hydroxyl groups is 1. The van der Waals surface area contributed by atoms with Crippen molar-refractivity contribution in [2.24, 2.45) is 5.29 Å². The highest BCUT2D eigenvalue weighted by Gasteiger charge is 2.10. The van der Waals surface area contributed by atoms with Crippen molar-refractivity contribution in [1.82, 2.24) is 5.01 Å². The molecule has 5 nitrogen and oxygen atoms in total. The first-order valence-corrected chi connectivity index (χ1v) is 4.15. The van der Waals surface area contributed by atoms with Crippen LogP contribution in [0.3, 0.4) is 0 Å². The third-order valence-electron chi connectivity index (χ3n) is 1.83. The Labute approximate surface area is 81.5 Å². The average Bonchev–Trinajstić information content (AvgIpc) is 2.17. The van der Waals surface area contributed by atoms with E-state index < -0.39 is 6.10 Å². The molecular weight excluding hydrogens is 184 g/mol. The molecular formula is C9H12N2O3. The lowest BCUT2D eigenvalue weighted by Gasteiger charge is -2.14. The Morgan fingerprint density at radius 2 is 2.29 bits per heavy atom. The second kappa shape index (κ2) is 4.57. The Morgan fingerprint density at radius 3 is 2.86 bits per heavy atom. The molecule has 0 saturated carbocycles. The number of hydrogen-bond acceptors (Lipinski definition) is 4. The van der Waals surface area contributed by atoms with Crippen molar-refractivity contribution in [1.29, 1.82) is 0 Å². The molecule has 14 heavy (non-hydrogen) atoms. The van der Waals surface area contributed by atoms with Gasteiger partial charge in [-0.1, -0.05) is 12.1 Å². The highest BCUT2D eigenvalue weighted by molar-refractivity contribution is 5.28. The summed E-state index contributed by atoms with van der Waals surface area (Å²) >= 11 is 0. The summed E-state index contributed by atoms with van der Waals surface area (Å²) in [6, 6.07) is 6.26. The van der Waals surface area contributed by atoms with Gasteiger partial charge in [-0.05, 0) is 17.7 Å². The second-order valence-electron chi connectivity index (χ2n) is 3.03. The summed E-state index contributed by atoms with van der Waals surface area (Å²) in [5.41, 5.74) is 0.556. The van der Waals surface area contributed by atoms with Gasteiger partial charge in [-0.2, -0.15) is 0 Å². The van der Waals surface area contributed by atoms with Crippen LogP contribution in [0.5, 0.6) is 5.75 Å². The van der Waals surface area contributed by atoms with Gasteiger partial charge >= 0.3 is 0 Å². The predicted octanol–water partition coefficient (Wildman–Crippen LogP) is 1.04. The van der Waals surface area contributed by atoms with Gasteiger partial charge in [0.05, 0.1) is 17.9 Å². The van der Waals surface area contributed by atoms with E-state index in [2.05, 4.69) is 5.29 Å². The van der Waals surface area contributed by atoms with Crippen molar-refractivity contribution in [3.8, 4) is 5.75 Å². The van der Waals surface area contributed by atoms with E-state index in [1.807, 2.05) is 0 Å². The Balaban J connectivity index is 2.69. The van der Waals surface area contributed by atoms with Crippen LogP contribution in [0.15, 0.2) is 29.6 Å². The van der Waals surface area contributed by atoms with Gasteiger partial charge in [0, 0.05) is 7.05 Å². The summed E-state index contributed by atoms with van der Waals surface area (Å²) in [7, 11) is 1.47. The van der Waals surface area contributed by atoms with E-state index in [0.29, 0.717) is 5.56 Å². The molecule has 0 aliphatic rings. The van der Waals surface area contributed by atoms with Crippen molar-refractivity contribution < 1.29 is 10.2 Å². The Morgan fingerprint density at radius 1 is 1.57 bits per heavy atom. The van der Waals surface area contributed by atoms with Crippen LogP contribution in [0.1, 0.15) is 11.7 Å². The molecule has 0 aromatic heterocycles. The molecule has 0 aliphatic carbocycles. The number of phenolic OH excluding ortho intramolecular Hbond substituents is 1. The fraction of sp³-hybridized carbons (Fsp3) is 0.333. The summed E-state index contributed by atoms with van der Waals surface area (Å²) in [4.78, 5) is 10.1. The largest absolute Gasteiger partial charge is 0.508 e. The molecule has 0 bridgehead atoms. The average molecular weight is 196 g/mol. The van der Waals surface area contributed by atoms with E-state index in [1.54, 1.807) is 12.1 Å². The van der Waals surface area contributed by atoms with Crippen molar-refractivity contribution >= 4 is 0 Å². The fourth-order valence-corrected chi connectivity index (χ4v) is 1.12. The van der Waals surface area contributed by atoms with Crippen LogP contribution in [0.4, 0.5) is 0 Å². The van der Waals surface area contributed by atoms with Gasteiger partial charge < -0.3 is 10.2 Å². The van der Waals surface area contributed by atoms with E-state index in [9.17, 15) is 10.0 Å². The molecule has 1 aromatic carbocycles. The predicted molar refractivity (Wildman–Crippen MR) is 51.5 cm³/mol. The number of rotatable bonds is 4. The van der Waals surface area contributed by atoms with E-state index in [4.69, 9.17) is 5.11 Å². The molecule has 0 heterocycles. The monoisotopic (exact) mass is 196 g/mol. The molecule has 76 valence electrons. The summed E-state index contributed by atoms with van der Waals surface area (Å²) in [5, 5.41) is 22.5. The number of nitroso groups, excluding NO2 is 1. The number of phenols is 1. The molecule has 0 unspecified atom stereocenters. The van der Waals surface area contributed by atoms with E-state index >= 15 is 0 Å². The van der Waals surface area contributed by atoms with Crippen LogP contribution in [0.2, 0.25) is 0 Å². The number of hydrogen-bond donors (Lipinski definition) is 2. The molecule has 1 rings (SSSR count).